The molecule has 0 spiro atoms. The molecule has 7 aromatic carbocycles. The average molecular weight is 674 g/mol. The second-order valence-electron chi connectivity index (χ2n) is 13.5. The van der Waals surface area contributed by atoms with Crippen molar-refractivity contribution in [2.75, 3.05) is 9.80 Å². The van der Waals surface area contributed by atoms with Crippen LogP contribution in [-0.4, -0.2) is 11.3 Å². The van der Waals surface area contributed by atoms with E-state index in [0.29, 0.717) is 5.69 Å². The van der Waals surface area contributed by atoms with E-state index in [0.717, 1.165) is 39.5 Å². The number of nitrogens with zero attached hydrogens (tertiary/aromatic N) is 3. The number of hydrogen-bond donors (Lipinski definition) is 0. The van der Waals surface area contributed by atoms with Crippen LogP contribution in [0.15, 0.2) is 158 Å². The third kappa shape index (κ3) is 3.94. The van der Waals surface area contributed by atoms with Crippen LogP contribution in [0.1, 0.15) is 5.56 Å². The van der Waals surface area contributed by atoms with Crippen LogP contribution in [0.25, 0.3) is 37.6 Å². The van der Waals surface area contributed by atoms with E-state index in [9.17, 15) is 0 Å². The number of fused-ring (bicyclic) bond motifs is 9. The molecule has 11 rings (SSSR count). The van der Waals surface area contributed by atoms with Gasteiger partial charge in [-0.05, 0) is 84.1 Å². The van der Waals surface area contributed by atoms with Crippen LogP contribution in [0, 0.1) is 12.7 Å². The monoisotopic (exact) mass is 673 g/mol. The quantitative estimate of drug-likeness (QED) is 0.173. The molecule has 240 valence electrons. The van der Waals surface area contributed by atoms with Crippen LogP contribution < -0.4 is 25.5 Å². The Kier molecular flexibility index (Phi) is 6.02. The van der Waals surface area contributed by atoms with E-state index in [-0.39, 0.29) is 12.5 Å². The minimum Gasteiger partial charge on any atom is -0.310 e. The largest absolute Gasteiger partial charge is 0.310 e. The molecule has 2 aliphatic heterocycles. The summed E-state index contributed by atoms with van der Waals surface area (Å²) in [5.41, 5.74) is 13.0. The Balaban J connectivity index is 1.31. The lowest BCUT2D eigenvalue weighted by molar-refractivity contribution is 0.629. The van der Waals surface area contributed by atoms with Gasteiger partial charge in [-0.2, -0.15) is 0 Å². The van der Waals surface area contributed by atoms with Crippen molar-refractivity contribution in [3.05, 3.63) is 169 Å². The molecule has 9 aromatic rings. The fraction of sp³-hybridized carbons (Fsp3) is 0.0222. The van der Waals surface area contributed by atoms with Crippen LogP contribution in [0.5, 0.6) is 0 Å². The van der Waals surface area contributed by atoms with Crippen molar-refractivity contribution in [2.24, 2.45) is 0 Å². The first kappa shape index (κ1) is 28.7. The highest BCUT2D eigenvalue weighted by molar-refractivity contribution is 7.33. The summed E-state index contributed by atoms with van der Waals surface area (Å²) in [7, 11) is 0. The maximum Gasteiger partial charge on any atom is 0.264 e. The van der Waals surface area contributed by atoms with E-state index in [1.165, 1.54) is 47.8 Å². The highest BCUT2D eigenvalue weighted by Gasteiger charge is 2.45. The Bertz CT molecular complexity index is 2870. The Morgan fingerprint density at radius 1 is 0.529 bits per heavy atom. The van der Waals surface area contributed by atoms with Crippen LogP contribution in [-0.2, 0) is 0 Å². The van der Waals surface area contributed by atoms with Crippen molar-refractivity contribution in [1.29, 1.82) is 0 Å². The van der Waals surface area contributed by atoms with E-state index in [4.69, 9.17) is 0 Å². The molecule has 2 aromatic heterocycles. The van der Waals surface area contributed by atoms with Crippen LogP contribution in [0.3, 0.4) is 0 Å². The number of benzene rings is 7. The van der Waals surface area contributed by atoms with E-state index >= 15 is 4.39 Å². The molecule has 2 aliphatic rings. The minimum absolute atomic E-state index is 0.0508. The molecule has 0 atom stereocenters. The van der Waals surface area contributed by atoms with Crippen LogP contribution in [0.2, 0.25) is 0 Å². The standard InChI is InChI=1S/C45H29BFN3S/c1-28-14-5-9-20-35(28)50-39-24-13-23-38-43(39)46(45-44(50)31-18-7-12-25-42(31)51-45)33-26-32-30-17-6-10-21-36(30)48(29-15-3-2-4-16-29)40(32)27-41(33)49(38)37-22-11-8-19-34(37)47/h2-27H,1H3. The molecule has 4 heterocycles. The Hall–Kier alpha value is -6.11. The van der Waals surface area contributed by atoms with Gasteiger partial charge in [0.1, 0.15) is 5.82 Å². The van der Waals surface area contributed by atoms with Gasteiger partial charge in [-0.3, -0.25) is 0 Å². The predicted molar refractivity (Wildman–Crippen MR) is 215 cm³/mol. The second-order valence-corrected chi connectivity index (χ2v) is 14.6. The van der Waals surface area contributed by atoms with Gasteiger partial charge < -0.3 is 14.4 Å². The molecule has 0 N–H and O–H groups in total. The topological polar surface area (TPSA) is 11.4 Å². The van der Waals surface area contributed by atoms with Gasteiger partial charge in [0, 0.05) is 54.1 Å². The highest BCUT2D eigenvalue weighted by Crippen LogP contribution is 2.49. The molecule has 3 nitrogen and oxygen atoms in total. The first-order chi connectivity index (χ1) is 25.2. The second kappa shape index (κ2) is 10.7. The van der Waals surface area contributed by atoms with Gasteiger partial charge in [-0.15, -0.1) is 11.3 Å². The van der Waals surface area contributed by atoms with Crippen LogP contribution >= 0.6 is 11.3 Å². The average Bonchev–Trinajstić information content (AvgIpc) is 3.71. The third-order valence-corrected chi connectivity index (χ3v) is 12.0. The van der Waals surface area contributed by atoms with Crippen LogP contribution in [0.4, 0.5) is 38.5 Å². The van der Waals surface area contributed by atoms with E-state index in [2.05, 4.69) is 155 Å². The number of aryl methyl sites for hydroxylation is 1. The van der Waals surface area contributed by atoms with Gasteiger partial charge in [-0.25, -0.2) is 4.39 Å². The summed E-state index contributed by atoms with van der Waals surface area (Å²) in [4.78, 5) is 4.63. The summed E-state index contributed by atoms with van der Waals surface area (Å²) in [5.74, 6) is -0.252. The summed E-state index contributed by atoms with van der Waals surface area (Å²) < 4.78 is 21.1. The molecule has 6 heteroatoms. The number of halogens is 1. The molecule has 0 fully saturated rings. The van der Waals surface area contributed by atoms with E-state index < -0.39 is 0 Å². The van der Waals surface area contributed by atoms with Crippen molar-refractivity contribution in [3.63, 3.8) is 0 Å². The predicted octanol–water partition coefficient (Wildman–Crippen LogP) is 10.5. The zero-order valence-corrected chi connectivity index (χ0v) is 28.5. The zero-order chi connectivity index (χ0) is 33.8. The van der Waals surface area contributed by atoms with Crippen molar-refractivity contribution in [2.45, 2.75) is 6.92 Å². The number of thiophene rings is 1. The molecular weight excluding hydrogens is 644 g/mol. The first-order valence-corrected chi connectivity index (χ1v) is 18.2. The molecule has 0 bridgehead atoms. The molecule has 0 unspecified atom stereocenters. The van der Waals surface area contributed by atoms with E-state index in [1.54, 1.807) is 12.1 Å². The molecule has 0 amide bonds. The van der Waals surface area contributed by atoms with Gasteiger partial charge in [-0.1, -0.05) is 97.1 Å². The minimum atomic E-state index is -0.252. The summed E-state index contributed by atoms with van der Waals surface area (Å²) in [6.07, 6.45) is 0. The summed E-state index contributed by atoms with van der Waals surface area (Å²) >= 11 is 1.88. The fourth-order valence-electron chi connectivity index (χ4n) is 8.64. The van der Waals surface area contributed by atoms with E-state index in [1.807, 2.05) is 23.5 Å². The van der Waals surface area contributed by atoms with Crippen molar-refractivity contribution in [3.8, 4) is 5.69 Å². The van der Waals surface area contributed by atoms with Gasteiger partial charge in [0.25, 0.3) is 6.71 Å². The highest BCUT2D eigenvalue weighted by atomic mass is 32.1. The number of hydrogen-bond acceptors (Lipinski definition) is 3. The molecule has 0 saturated carbocycles. The van der Waals surface area contributed by atoms with Gasteiger partial charge in [0.15, 0.2) is 0 Å². The SMILES string of the molecule is Cc1ccccc1N1c2cccc3c2B(c2cc4c5ccccc5n(-c5ccccc5)c4cc2N3c2ccccc2F)c2sc3ccccc3c21. The van der Waals surface area contributed by atoms with Gasteiger partial charge in [0.2, 0.25) is 0 Å². The van der Waals surface area contributed by atoms with Gasteiger partial charge in [0.05, 0.1) is 22.4 Å². The summed E-state index contributed by atoms with van der Waals surface area (Å²) in [5, 5.41) is 3.63. The third-order valence-electron chi connectivity index (χ3n) is 10.7. The maximum absolute atomic E-state index is 16.2. The number of anilines is 6. The molecule has 51 heavy (non-hydrogen) atoms. The van der Waals surface area contributed by atoms with Crippen molar-refractivity contribution < 1.29 is 4.39 Å². The zero-order valence-electron chi connectivity index (χ0n) is 27.7. The van der Waals surface area contributed by atoms with Crippen molar-refractivity contribution >= 4 is 99.8 Å². The normalized spacial score (nSPS) is 13.2. The summed E-state index contributed by atoms with van der Waals surface area (Å²) in [6.45, 7) is 2.13. The number of para-hydroxylation sites is 4. The molecular formula is C45H29BFN3S. The number of aromatic nitrogens is 1. The lowest BCUT2D eigenvalue weighted by Gasteiger charge is -2.43. The Morgan fingerprint density at radius 2 is 1.20 bits per heavy atom. The maximum atomic E-state index is 16.2. The molecule has 0 aliphatic carbocycles. The Morgan fingerprint density at radius 3 is 2.02 bits per heavy atom. The summed E-state index contributed by atoms with van der Waals surface area (Å²) in [6, 6.07) is 55.1. The molecule has 0 radical (unpaired) electrons. The van der Waals surface area contributed by atoms with Crippen molar-refractivity contribution in [1.82, 2.24) is 4.57 Å². The lowest BCUT2D eigenvalue weighted by Crippen LogP contribution is -2.60. The first-order valence-electron chi connectivity index (χ1n) is 17.3. The number of rotatable bonds is 3. The fourth-order valence-corrected chi connectivity index (χ4v) is 9.96. The lowest BCUT2D eigenvalue weighted by atomic mass is 9.36. The smallest absolute Gasteiger partial charge is 0.264 e. The molecule has 0 saturated heterocycles. The Labute approximate surface area is 299 Å². The van der Waals surface area contributed by atoms with Gasteiger partial charge >= 0.3 is 0 Å².